The highest BCUT2D eigenvalue weighted by Gasteiger charge is 2.12. The summed E-state index contributed by atoms with van der Waals surface area (Å²) in [5.41, 5.74) is 1.04. The van der Waals surface area contributed by atoms with Crippen LogP contribution in [0.4, 0.5) is 5.69 Å². The number of nitriles is 1. The van der Waals surface area contributed by atoms with Crippen molar-refractivity contribution in [1.29, 1.82) is 5.26 Å². The standard InChI is InChI=1S/C16H21N3O3/c1-4-19(10-12(2)9-17)11-15(20)18-14-7-5-13(6-8-14)16(21)22-3/h5-8,12H,4,10-11H2,1-3H3,(H,18,20)/t12-/m1/s1. The van der Waals surface area contributed by atoms with Crippen molar-refractivity contribution in [2.75, 3.05) is 32.1 Å². The number of methoxy groups -OCH3 is 1. The van der Waals surface area contributed by atoms with Gasteiger partial charge in [0.2, 0.25) is 5.91 Å². The van der Waals surface area contributed by atoms with Crippen LogP contribution in [0.1, 0.15) is 24.2 Å². The fourth-order valence-corrected chi connectivity index (χ4v) is 1.94. The van der Waals surface area contributed by atoms with Gasteiger partial charge in [0, 0.05) is 12.2 Å². The Kier molecular flexibility index (Phi) is 7.06. The molecule has 118 valence electrons. The molecular formula is C16H21N3O3. The third kappa shape index (κ3) is 5.54. The smallest absolute Gasteiger partial charge is 0.337 e. The second kappa shape index (κ2) is 8.80. The SMILES string of the molecule is CCN(CC(=O)Nc1ccc(C(=O)OC)cc1)C[C@H](C)C#N. The number of carbonyl (C=O) groups excluding carboxylic acids is 2. The molecule has 1 rings (SSSR count). The topological polar surface area (TPSA) is 82.4 Å². The molecule has 1 N–H and O–H groups in total. The molecule has 0 bridgehead atoms. The second-order valence-corrected chi connectivity index (χ2v) is 4.97. The molecule has 0 unspecified atom stereocenters. The van der Waals surface area contributed by atoms with Crippen molar-refractivity contribution in [3.05, 3.63) is 29.8 Å². The van der Waals surface area contributed by atoms with Crippen molar-refractivity contribution in [3.63, 3.8) is 0 Å². The molecule has 0 aliphatic carbocycles. The number of anilines is 1. The zero-order valence-corrected chi connectivity index (χ0v) is 13.1. The maximum Gasteiger partial charge on any atom is 0.337 e. The van der Waals surface area contributed by atoms with E-state index in [0.29, 0.717) is 24.3 Å². The number of likely N-dealkylation sites (N-methyl/N-ethyl adjacent to an activating group) is 1. The molecule has 0 spiro atoms. The van der Waals surface area contributed by atoms with Crippen molar-refractivity contribution < 1.29 is 14.3 Å². The first-order valence-corrected chi connectivity index (χ1v) is 7.10. The minimum atomic E-state index is -0.416. The summed E-state index contributed by atoms with van der Waals surface area (Å²) in [4.78, 5) is 25.2. The Morgan fingerprint density at radius 2 is 2.00 bits per heavy atom. The van der Waals surface area contributed by atoms with Crippen LogP contribution in [-0.4, -0.2) is 43.5 Å². The van der Waals surface area contributed by atoms with Gasteiger partial charge in [-0.3, -0.25) is 9.69 Å². The van der Waals surface area contributed by atoms with Gasteiger partial charge in [0.15, 0.2) is 0 Å². The van der Waals surface area contributed by atoms with Crippen LogP contribution in [0.25, 0.3) is 0 Å². The molecule has 22 heavy (non-hydrogen) atoms. The molecule has 0 radical (unpaired) electrons. The molecule has 0 saturated carbocycles. The van der Waals surface area contributed by atoms with Gasteiger partial charge in [-0.05, 0) is 37.7 Å². The van der Waals surface area contributed by atoms with Crippen LogP contribution in [0, 0.1) is 17.2 Å². The molecule has 0 heterocycles. The highest BCUT2D eigenvalue weighted by Crippen LogP contribution is 2.10. The molecule has 1 aromatic carbocycles. The zero-order valence-electron chi connectivity index (χ0n) is 13.1. The Hall–Kier alpha value is -2.39. The minimum Gasteiger partial charge on any atom is -0.465 e. The van der Waals surface area contributed by atoms with E-state index in [9.17, 15) is 9.59 Å². The first-order valence-electron chi connectivity index (χ1n) is 7.10. The molecule has 6 heteroatoms. The minimum absolute atomic E-state index is 0.118. The molecule has 1 aromatic rings. The summed E-state index contributed by atoms with van der Waals surface area (Å²) in [5.74, 6) is -0.689. The lowest BCUT2D eigenvalue weighted by molar-refractivity contribution is -0.117. The number of esters is 1. The lowest BCUT2D eigenvalue weighted by atomic mass is 10.2. The largest absolute Gasteiger partial charge is 0.465 e. The molecule has 1 amide bonds. The number of ether oxygens (including phenoxy) is 1. The zero-order chi connectivity index (χ0) is 16.5. The van der Waals surface area contributed by atoms with Crippen LogP contribution in [-0.2, 0) is 9.53 Å². The molecule has 1 atom stereocenters. The van der Waals surface area contributed by atoms with Crippen LogP contribution in [0.3, 0.4) is 0 Å². The third-order valence-corrected chi connectivity index (χ3v) is 3.16. The van der Waals surface area contributed by atoms with E-state index in [1.165, 1.54) is 7.11 Å². The maximum atomic E-state index is 12.0. The van der Waals surface area contributed by atoms with Crippen molar-refractivity contribution in [2.45, 2.75) is 13.8 Å². The Labute approximate surface area is 130 Å². The van der Waals surface area contributed by atoms with Crippen molar-refractivity contribution in [2.24, 2.45) is 5.92 Å². The molecule has 0 aliphatic rings. The molecule has 0 saturated heterocycles. The first kappa shape index (κ1) is 17.7. The van der Waals surface area contributed by atoms with E-state index in [2.05, 4.69) is 16.1 Å². The van der Waals surface area contributed by atoms with Gasteiger partial charge in [-0.25, -0.2) is 4.79 Å². The first-order chi connectivity index (χ1) is 10.5. The lowest BCUT2D eigenvalue weighted by Crippen LogP contribution is -2.35. The van der Waals surface area contributed by atoms with Gasteiger partial charge in [0.1, 0.15) is 0 Å². The predicted molar refractivity (Wildman–Crippen MR) is 83.3 cm³/mol. The number of amides is 1. The summed E-state index contributed by atoms with van der Waals surface area (Å²) >= 11 is 0. The Bertz CT molecular complexity index is 549. The number of nitrogens with zero attached hydrogens (tertiary/aromatic N) is 2. The number of carbonyl (C=O) groups is 2. The second-order valence-electron chi connectivity index (χ2n) is 4.97. The van der Waals surface area contributed by atoms with Gasteiger partial charge in [0.05, 0.1) is 31.2 Å². The van der Waals surface area contributed by atoms with Crippen LogP contribution in [0.5, 0.6) is 0 Å². The number of benzene rings is 1. The van der Waals surface area contributed by atoms with Crippen molar-refractivity contribution in [3.8, 4) is 6.07 Å². The fourth-order valence-electron chi connectivity index (χ4n) is 1.94. The fraction of sp³-hybridized carbons (Fsp3) is 0.438. The van der Waals surface area contributed by atoms with E-state index in [-0.39, 0.29) is 18.4 Å². The third-order valence-electron chi connectivity index (χ3n) is 3.16. The van der Waals surface area contributed by atoms with Crippen molar-refractivity contribution in [1.82, 2.24) is 4.90 Å². The van der Waals surface area contributed by atoms with Crippen molar-refractivity contribution >= 4 is 17.6 Å². The number of hydrogen-bond donors (Lipinski definition) is 1. The average molecular weight is 303 g/mol. The average Bonchev–Trinajstić information content (AvgIpc) is 2.53. The van der Waals surface area contributed by atoms with E-state index in [0.717, 1.165) is 0 Å². The van der Waals surface area contributed by atoms with Crippen LogP contribution in [0.2, 0.25) is 0 Å². The summed E-state index contributed by atoms with van der Waals surface area (Å²) < 4.78 is 4.61. The normalized spacial score (nSPS) is 11.6. The molecular weight excluding hydrogens is 282 g/mol. The molecule has 0 aliphatic heterocycles. The summed E-state index contributed by atoms with van der Waals surface area (Å²) in [7, 11) is 1.32. The summed E-state index contributed by atoms with van der Waals surface area (Å²) in [6.45, 7) is 5.25. The van der Waals surface area contributed by atoms with Crippen LogP contribution < -0.4 is 5.32 Å². The summed E-state index contributed by atoms with van der Waals surface area (Å²) in [6, 6.07) is 8.65. The maximum absolute atomic E-state index is 12.0. The van der Waals surface area contributed by atoms with E-state index >= 15 is 0 Å². The van der Waals surface area contributed by atoms with E-state index in [1.807, 2.05) is 18.7 Å². The van der Waals surface area contributed by atoms with Gasteiger partial charge in [-0.2, -0.15) is 5.26 Å². The monoisotopic (exact) mass is 303 g/mol. The van der Waals surface area contributed by atoms with Crippen LogP contribution >= 0.6 is 0 Å². The van der Waals surface area contributed by atoms with Gasteiger partial charge in [-0.15, -0.1) is 0 Å². The lowest BCUT2D eigenvalue weighted by Gasteiger charge is -2.20. The number of rotatable bonds is 7. The molecule has 0 fully saturated rings. The van der Waals surface area contributed by atoms with E-state index in [4.69, 9.17) is 5.26 Å². The Morgan fingerprint density at radius 3 is 2.50 bits per heavy atom. The van der Waals surface area contributed by atoms with Crippen LogP contribution in [0.15, 0.2) is 24.3 Å². The van der Waals surface area contributed by atoms with Gasteiger partial charge in [-0.1, -0.05) is 6.92 Å². The Balaban J connectivity index is 2.57. The highest BCUT2D eigenvalue weighted by atomic mass is 16.5. The van der Waals surface area contributed by atoms with E-state index < -0.39 is 5.97 Å². The molecule has 6 nitrogen and oxygen atoms in total. The molecule has 0 aromatic heterocycles. The number of nitrogens with one attached hydrogen (secondary N) is 1. The number of hydrogen-bond acceptors (Lipinski definition) is 5. The van der Waals surface area contributed by atoms with Gasteiger partial charge in [0.25, 0.3) is 0 Å². The van der Waals surface area contributed by atoms with Gasteiger partial charge >= 0.3 is 5.97 Å². The van der Waals surface area contributed by atoms with Gasteiger partial charge < -0.3 is 10.1 Å². The van der Waals surface area contributed by atoms with E-state index in [1.54, 1.807) is 24.3 Å². The predicted octanol–water partition coefficient (Wildman–Crippen LogP) is 1.89. The summed E-state index contributed by atoms with van der Waals surface area (Å²) in [6.07, 6.45) is 0. The summed E-state index contributed by atoms with van der Waals surface area (Å²) in [5, 5.41) is 11.6. The Morgan fingerprint density at radius 1 is 1.36 bits per heavy atom. The quantitative estimate of drug-likeness (QED) is 0.778. The highest BCUT2D eigenvalue weighted by molar-refractivity contribution is 5.93.